The van der Waals surface area contributed by atoms with Crippen molar-refractivity contribution in [2.45, 2.75) is 5.75 Å². The molecule has 0 fully saturated rings. The van der Waals surface area contributed by atoms with Crippen LogP contribution in [0, 0.1) is 0 Å². The molecule has 1 atom stereocenters. The summed E-state index contributed by atoms with van der Waals surface area (Å²) in [6, 6.07) is 17.8. The Balaban J connectivity index is 2.23. The fourth-order valence-electron chi connectivity index (χ4n) is 1.57. The first-order valence-corrected chi connectivity index (χ1v) is 6.25. The van der Waals surface area contributed by atoms with Gasteiger partial charge in [-0.25, -0.2) is 4.21 Å². The molecule has 0 bridgehead atoms. The zero-order valence-corrected chi connectivity index (χ0v) is 9.48. The zero-order valence-electron chi connectivity index (χ0n) is 8.67. The Morgan fingerprint density at radius 3 is 2.00 bits per heavy atom. The second kappa shape index (κ2) is 5.05. The van der Waals surface area contributed by atoms with Gasteiger partial charge in [0.25, 0.3) is 0 Å². The van der Waals surface area contributed by atoms with Crippen LogP contribution in [0.1, 0.15) is 5.56 Å². The molecule has 0 spiro atoms. The molecule has 16 heavy (non-hydrogen) atoms. The van der Waals surface area contributed by atoms with Gasteiger partial charge in [0.15, 0.2) is 11.1 Å². The molecule has 0 aliphatic rings. The molecule has 2 rings (SSSR count). The number of hydrogen-bond donors (Lipinski definition) is 1. The largest absolute Gasteiger partial charge is 0.306 e. The summed E-state index contributed by atoms with van der Waals surface area (Å²) < 4.78 is 19.4. The molecule has 0 saturated heterocycles. The van der Waals surface area contributed by atoms with Crippen LogP contribution in [0.25, 0.3) is 11.1 Å². The minimum absolute atomic E-state index is 0.190. The number of rotatable bonds is 3. The van der Waals surface area contributed by atoms with Gasteiger partial charge in [0.05, 0.1) is 5.75 Å². The van der Waals surface area contributed by atoms with E-state index >= 15 is 0 Å². The van der Waals surface area contributed by atoms with Crippen LogP contribution in [0.2, 0.25) is 0 Å². The van der Waals surface area contributed by atoms with Crippen molar-refractivity contribution in [1.29, 1.82) is 0 Å². The average molecular weight is 232 g/mol. The molecule has 0 aliphatic heterocycles. The van der Waals surface area contributed by atoms with Crippen LogP contribution in [0.5, 0.6) is 0 Å². The normalized spacial score (nSPS) is 12.3. The molecule has 2 nitrogen and oxygen atoms in total. The van der Waals surface area contributed by atoms with E-state index in [9.17, 15) is 4.21 Å². The smallest absolute Gasteiger partial charge is 0.157 e. The predicted octanol–water partition coefficient (Wildman–Crippen LogP) is 3.08. The number of benzene rings is 2. The fraction of sp³-hybridized carbons (Fsp3) is 0.0769. The van der Waals surface area contributed by atoms with Gasteiger partial charge >= 0.3 is 0 Å². The standard InChI is InChI=1S/C13H12O2S/c14-16(15)10-11-6-8-13(9-7-11)12-4-2-1-3-5-12/h1-9H,10H2,(H,14,15). The third-order valence-electron chi connectivity index (χ3n) is 2.35. The third-order valence-corrected chi connectivity index (χ3v) is 2.93. The van der Waals surface area contributed by atoms with E-state index in [1.54, 1.807) is 0 Å². The van der Waals surface area contributed by atoms with Crippen molar-refractivity contribution in [3.05, 3.63) is 60.2 Å². The molecule has 0 aliphatic carbocycles. The van der Waals surface area contributed by atoms with E-state index in [4.69, 9.17) is 4.55 Å². The zero-order chi connectivity index (χ0) is 11.4. The van der Waals surface area contributed by atoms with E-state index in [2.05, 4.69) is 0 Å². The minimum atomic E-state index is -1.77. The SMILES string of the molecule is O=S(O)Cc1ccc(-c2ccccc2)cc1. The van der Waals surface area contributed by atoms with Crippen molar-refractivity contribution in [2.24, 2.45) is 0 Å². The highest BCUT2D eigenvalue weighted by Gasteiger charge is 1.99. The van der Waals surface area contributed by atoms with Gasteiger partial charge in [-0.1, -0.05) is 54.6 Å². The van der Waals surface area contributed by atoms with Crippen LogP contribution in [0.15, 0.2) is 54.6 Å². The maximum absolute atomic E-state index is 10.6. The lowest BCUT2D eigenvalue weighted by molar-refractivity contribution is 0.563. The quantitative estimate of drug-likeness (QED) is 0.826. The van der Waals surface area contributed by atoms with Crippen molar-refractivity contribution in [1.82, 2.24) is 0 Å². The highest BCUT2D eigenvalue weighted by Crippen LogP contribution is 2.19. The Bertz CT molecular complexity index is 477. The lowest BCUT2D eigenvalue weighted by Crippen LogP contribution is -1.92. The summed E-state index contributed by atoms with van der Waals surface area (Å²) in [7, 11) is 0. The monoisotopic (exact) mass is 232 g/mol. The molecule has 82 valence electrons. The van der Waals surface area contributed by atoms with Crippen molar-refractivity contribution < 1.29 is 8.76 Å². The van der Waals surface area contributed by atoms with Crippen LogP contribution >= 0.6 is 0 Å². The summed E-state index contributed by atoms with van der Waals surface area (Å²) in [5.41, 5.74) is 3.15. The van der Waals surface area contributed by atoms with Crippen LogP contribution in [0.4, 0.5) is 0 Å². The molecule has 3 heteroatoms. The van der Waals surface area contributed by atoms with Gasteiger partial charge in [0.1, 0.15) is 0 Å². The van der Waals surface area contributed by atoms with Crippen LogP contribution in [-0.2, 0) is 16.8 Å². The molecule has 0 saturated carbocycles. The average Bonchev–Trinajstić information content (AvgIpc) is 2.30. The molecular weight excluding hydrogens is 220 g/mol. The molecule has 0 radical (unpaired) electrons. The molecular formula is C13H12O2S. The van der Waals surface area contributed by atoms with E-state index < -0.39 is 11.1 Å². The Morgan fingerprint density at radius 2 is 1.44 bits per heavy atom. The topological polar surface area (TPSA) is 37.3 Å². The predicted molar refractivity (Wildman–Crippen MR) is 66.4 cm³/mol. The molecule has 1 N–H and O–H groups in total. The van der Waals surface area contributed by atoms with E-state index in [1.807, 2.05) is 54.6 Å². The Hall–Kier alpha value is -1.45. The summed E-state index contributed by atoms with van der Waals surface area (Å²) in [6.07, 6.45) is 0. The van der Waals surface area contributed by atoms with Crippen molar-refractivity contribution >= 4 is 11.1 Å². The van der Waals surface area contributed by atoms with Crippen molar-refractivity contribution in [3.63, 3.8) is 0 Å². The van der Waals surface area contributed by atoms with E-state index in [1.165, 1.54) is 0 Å². The molecule has 0 heterocycles. The summed E-state index contributed by atoms with van der Waals surface area (Å²) >= 11 is -1.77. The second-order valence-corrected chi connectivity index (χ2v) is 4.46. The van der Waals surface area contributed by atoms with Gasteiger partial charge in [-0.15, -0.1) is 0 Å². The highest BCUT2D eigenvalue weighted by atomic mass is 32.2. The van der Waals surface area contributed by atoms with Gasteiger partial charge in [0, 0.05) is 0 Å². The molecule has 1 unspecified atom stereocenters. The highest BCUT2D eigenvalue weighted by molar-refractivity contribution is 7.78. The van der Waals surface area contributed by atoms with Gasteiger partial charge in [0.2, 0.25) is 0 Å². The Kier molecular flexibility index (Phi) is 3.49. The summed E-state index contributed by atoms with van der Waals surface area (Å²) in [5.74, 6) is 0.190. The first-order chi connectivity index (χ1) is 7.75. The van der Waals surface area contributed by atoms with Crippen molar-refractivity contribution in [2.75, 3.05) is 0 Å². The Labute approximate surface area is 97.2 Å². The van der Waals surface area contributed by atoms with E-state index in [0.29, 0.717) is 0 Å². The summed E-state index contributed by atoms with van der Waals surface area (Å²) in [4.78, 5) is 0. The number of hydrogen-bond acceptors (Lipinski definition) is 1. The third kappa shape index (κ3) is 2.78. The maximum Gasteiger partial charge on any atom is 0.157 e. The van der Waals surface area contributed by atoms with Gasteiger partial charge in [-0.2, -0.15) is 0 Å². The first kappa shape index (κ1) is 11.0. The molecule has 0 aromatic heterocycles. The minimum Gasteiger partial charge on any atom is -0.306 e. The van der Waals surface area contributed by atoms with Crippen LogP contribution < -0.4 is 0 Å². The molecule has 2 aromatic carbocycles. The van der Waals surface area contributed by atoms with Crippen LogP contribution in [-0.4, -0.2) is 8.76 Å². The van der Waals surface area contributed by atoms with Crippen molar-refractivity contribution in [3.8, 4) is 11.1 Å². The maximum atomic E-state index is 10.6. The van der Waals surface area contributed by atoms with Crippen LogP contribution in [0.3, 0.4) is 0 Å². The van der Waals surface area contributed by atoms with Gasteiger partial charge in [-0.05, 0) is 16.7 Å². The Morgan fingerprint density at radius 1 is 0.875 bits per heavy atom. The van der Waals surface area contributed by atoms with E-state index in [0.717, 1.165) is 16.7 Å². The lowest BCUT2D eigenvalue weighted by Gasteiger charge is -2.02. The molecule has 0 amide bonds. The molecule has 2 aromatic rings. The fourth-order valence-corrected chi connectivity index (χ4v) is 2.04. The summed E-state index contributed by atoms with van der Waals surface area (Å²) in [5, 5.41) is 0. The lowest BCUT2D eigenvalue weighted by atomic mass is 10.0. The van der Waals surface area contributed by atoms with Gasteiger partial charge < -0.3 is 4.55 Å². The van der Waals surface area contributed by atoms with Gasteiger partial charge in [-0.3, -0.25) is 0 Å². The second-order valence-electron chi connectivity index (χ2n) is 3.53. The first-order valence-electron chi connectivity index (χ1n) is 4.97. The van der Waals surface area contributed by atoms with E-state index in [-0.39, 0.29) is 5.75 Å². The summed E-state index contributed by atoms with van der Waals surface area (Å²) in [6.45, 7) is 0.